The van der Waals surface area contributed by atoms with Crippen LogP contribution in [0.5, 0.6) is 0 Å². The van der Waals surface area contributed by atoms with Crippen molar-refractivity contribution in [2.45, 2.75) is 0 Å². The maximum absolute atomic E-state index is 13.2. The third-order valence-corrected chi connectivity index (χ3v) is 4.23. The second kappa shape index (κ2) is 8.11. The van der Waals surface area contributed by atoms with Gasteiger partial charge in [0.25, 0.3) is 5.69 Å². The summed E-state index contributed by atoms with van der Waals surface area (Å²) in [5.41, 5.74) is 2.55. The molecule has 0 aliphatic heterocycles. The van der Waals surface area contributed by atoms with Crippen molar-refractivity contribution < 1.29 is 9.31 Å². The lowest BCUT2D eigenvalue weighted by Gasteiger charge is -2.11. The number of nitrogens with one attached hydrogen (secondary N) is 2. The second-order valence-corrected chi connectivity index (χ2v) is 6.38. The number of nitrogens with zero attached hydrogens (tertiary/aromatic N) is 1. The Morgan fingerprint density at radius 2 is 1.63 bits per heavy atom. The van der Waals surface area contributed by atoms with E-state index < -0.39 is 10.7 Å². The number of anilines is 2. The molecule has 3 aromatic carbocycles. The number of nitro benzene ring substituents is 1. The summed E-state index contributed by atoms with van der Waals surface area (Å²) in [6.45, 7) is 0. The van der Waals surface area contributed by atoms with Crippen LogP contribution in [-0.2, 0) is 0 Å². The molecule has 3 aromatic rings. The molecule has 0 heterocycles. The molecule has 0 bridgehead atoms. The molecule has 0 atom stereocenters. The number of benzene rings is 3. The minimum Gasteiger partial charge on any atom is -0.332 e. The maximum atomic E-state index is 13.2. The van der Waals surface area contributed by atoms with Gasteiger partial charge in [0.05, 0.1) is 15.5 Å². The molecule has 0 aliphatic rings. The third kappa shape index (κ3) is 4.58. The van der Waals surface area contributed by atoms with Crippen LogP contribution in [0.4, 0.5) is 21.5 Å². The van der Waals surface area contributed by atoms with Gasteiger partial charge in [0, 0.05) is 17.4 Å². The van der Waals surface area contributed by atoms with Crippen molar-refractivity contribution in [2.75, 3.05) is 10.6 Å². The summed E-state index contributed by atoms with van der Waals surface area (Å²) in [4.78, 5) is 10.8. The molecule has 0 amide bonds. The molecule has 0 saturated carbocycles. The van der Waals surface area contributed by atoms with E-state index in [4.69, 9.17) is 23.8 Å². The van der Waals surface area contributed by atoms with E-state index in [1.807, 2.05) is 0 Å². The molecule has 27 heavy (non-hydrogen) atoms. The molecule has 8 heteroatoms. The van der Waals surface area contributed by atoms with E-state index in [9.17, 15) is 14.5 Å². The van der Waals surface area contributed by atoms with Crippen LogP contribution in [-0.4, -0.2) is 10.0 Å². The molecule has 0 fully saturated rings. The van der Waals surface area contributed by atoms with E-state index in [0.29, 0.717) is 22.1 Å². The van der Waals surface area contributed by atoms with Crippen LogP contribution in [0.3, 0.4) is 0 Å². The summed E-state index contributed by atoms with van der Waals surface area (Å²) in [6, 6.07) is 17.8. The Morgan fingerprint density at radius 3 is 2.30 bits per heavy atom. The molecule has 0 aliphatic carbocycles. The number of thiocarbonyl (C=S) groups is 1. The Balaban J connectivity index is 1.71. The van der Waals surface area contributed by atoms with Crippen molar-refractivity contribution in [1.82, 2.24) is 0 Å². The van der Waals surface area contributed by atoms with Crippen molar-refractivity contribution in [3.8, 4) is 11.1 Å². The van der Waals surface area contributed by atoms with Crippen molar-refractivity contribution in [3.05, 3.63) is 87.7 Å². The predicted octanol–water partition coefficient (Wildman–Crippen LogP) is 5.86. The lowest BCUT2D eigenvalue weighted by atomic mass is 10.0. The highest BCUT2D eigenvalue weighted by Crippen LogP contribution is 2.30. The highest BCUT2D eigenvalue weighted by molar-refractivity contribution is 7.80. The number of rotatable bonds is 4. The zero-order chi connectivity index (χ0) is 19.4. The van der Waals surface area contributed by atoms with E-state index in [1.54, 1.807) is 42.5 Å². The minimum absolute atomic E-state index is 0.00314. The Hall–Kier alpha value is -3.03. The Kier molecular flexibility index (Phi) is 5.63. The third-order valence-electron chi connectivity index (χ3n) is 3.73. The van der Waals surface area contributed by atoms with Crippen molar-refractivity contribution in [2.24, 2.45) is 0 Å². The summed E-state index contributed by atoms with van der Waals surface area (Å²) < 4.78 is 13.2. The van der Waals surface area contributed by atoms with Gasteiger partial charge >= 0.3 is 0 Å². The predicted molar refractivity (Wildman–Crippen MR) is 110 cm³/mol. The number of hydrogen-bond donors (Lipinski definition) is 2. The minimum atomic E-state index is -0.508. The summed E-state index contributed by atoms with van der Waals surface area (Å²) in [7, 11) is 0. The molecule has 0 unspecified atom stereocenters. The monoisotopic (exact) mass is 401 g/mol. The van der Waals surface area contributed by atoms with Gasteiger partial charge in [-0.1, -0.05) is 35.9 Å². The van der Waals surface area contributed by atoms with Crippen molar-refractivity contribution in [3.63, 3.8) is 0 Å². The van der Waals surface area contributed by atoms with Gasteiger partial charge in [-0.2, -0.15) is 0 Å². The summed E-state index contributed by atoms with van der Waals surface area (Å²) in [5, 5.41) is 17.4. The van der Waals surface area contributed by atoms with Gasteiger partial charge in [-0.25, -0.2) is 4.39 Å². The number of halogens is 2. The fourth-order valence-corrected chi connectivity index (χ4v) is 2.89. The maximum Gasteiger partial charge on any atom is 0.277 e. The summed E-state index contributed by atoms with van der Waals surface area (Å²) in [6.07, 6.45) is 0. The second-order valence-electron chi connectivity index (χ2n) is 5.56. The summed E-state index contributed by atoms with van der Waals surface area (Å²) >= 11 is 11.0. The highest BCUT2D eigenvalue weighted by Gasteiger charge is 2.13. The van der Waals surface area contributed by atoms with Gasteiger partial charge in [0.15, 0.2) is 5.11 Å². The van der Waals surface area contributed by atoms with Crippen LogP contribution in [0.25, 0.3) is 11.1 Å². The molecular weight excluding hydrogens is 389 g/mol. The van der Waals surface area contributed by atoms with Gasteiger partial charge in [0.1, 0.15) is 5.82 Å². The van der Waals surface area contributed by atoms with Crippen LogP contribution in [0.15, 0.2) is 66.7 Å². The van der Waals surface area contributed by atoms with E-state index in [1.165, 1.54) is 24.3 Å². The smallest absolute Gasteiger partial charge is 0.277 e. The van der Waals surface area contributed by atoms with E-state index in [0.717, 1.165) is 5.56 Å². The lowest BCUT2D eigenvalue weighted by molar-refractivity contribution is -0.384. The normalized spacial score (nSPS) is 10.3. The lowest BCUT2D eigenvalue weighted by Crippen LogP contribution is -2.19. The summed E-state index contributed by atoms with van der Waals surface area (Å²) in [5.74, 6) is -0.508. The van der Waals surface area contributed by atoms with Crippen molar-refractivity contribution >= 4 is 46.0 Å². The van der Waals surface area contributed by atoms with E-state index in [-0.39, 0.29) is 10.7 Å². The molecule has 3 rings (SSSR count). The van der Waals surface area contributed by atoms with Crippen LogP contribution in [0, 0.1) is 15.9 Å². The van der Waals surface area contributed by atoms with Crippen LogP contribution in [0.1, 0.15) is 0 Å². The molecule has 136 valence electrons. The molecule has 0 radical (unpaired) electrons. The van der Waals surface area contributed by atoms with Gasteiger partial charge in [-0.3, -0.25) is 10.1 Å². The highest BCUT2D eigenvalue weighted by atomic mass is 35.5. The topological polar surface area (TPSA) is 67.2 Å². The standard InChI is InChI=1S/C19H13ClFN3O2S/c20-16-11-14(9-10-17(16)21)23-19(27)22-13-7-5-12(6-8-13)15-3-1-2-4-18(15)24(25)26/h1-11H,(H2,22,23,27). The number of nitro groups is 1. The molecule has 2 N–H and O–H groups in total. The van der Waals surface area contributed by atoms with Crippen LogP contribution < -0.4 is 10.6 Å². The fourth-order valence-electron chi connectivity index (χ4n) is 2.48. The number of hydrogen-bond acceptors (Lipinski definition) is 3. The zero-order valence-electron chi connectivity index (χ0n) is 13.8. The fraction of sp³-hybridized carbons (Fsp3) is 0. The average molecular weight is 402 g/mol. The van der Waals surface area contributed by atoms with Gasteiger partial charge in [-0.15, -0.1) is 0 Å². The van der Waals surface area contributed by atoms with Crippen molar-refractivity contribution in [1.29, 1.82) is 0 Å². The Bertz CT molecular complexity index is 1010. The first-order chi connectivity index (χ1) is 12.9. The van der Waals surface area contributed by atoms with E-state index in [2.05, 4.69) is 10.6 Å². The van der Waals surface area contributed by atoms with Gasteiger partial charge in [0.2, 0.25) is 0 Å². The Labute approximate surface area is 164 Å². The first kappa shape index (κ1) is 18.8. The largest absolute Gasteiger partial charge is 0.332 e. The quantitative estimate of drug-likeness (QED) is 0.325. The van der Waals surface area contributed by atoms with Gasteiger partial charge in [-0.05, 0) is 54.2 Å². The average Bonchev–Trinajstić information content (AvgIpc) is 2.65. The SMILES string of the molecule is O=[N+]([O-])c1ccccc1-c1ccc(NC(=S)Nc2ccc(F)c(Cl)c2)cc1. The molecule has 0 spiro atoms. The van der Waals surface area contributed by atoms with E-state index >= 15 is 0 Å². The number of para-hydroxylation sites is 1. The van der Waals surface area contributed by atoms with Crippen LogP contribution >= 0.6 is 23.8 Å². The zero-order valence-corrected chi connectivity index (χ0v) is 15.4. The Morgan fingerprint density at radius 1 is 1.00 bits per heavy atom. The first-order valence-corrected chi connectivity index (χ1v) is 8.59. The first-order valence-electron chi connectivity index (χ1n) is 7.81. The molecule has 5 nitrogen and oxygen atoms in total. The molecular formula is C19H13ClFN3O2S. The van der Waals surface area contributed by atoms with Crippen LogP contribution in [0.2, 0.25) is 5.02 Å². The molecule has 0 aromatic heterocycles. The van der Waals surface area contributed by atoms with Gasteiger partial charge < -0.3 is 10.6 Å². The molecule has 0 saturated heterocycles.